The van der Waals surface area contributed by atoms with Gasteiger partial charge in [-0.1, -0.05) is 6.42 Å². The number of amides is 1. The van der Waals surface area contributed by atoms with Crippen molar-refractivity contribution in [2.75, 3.05) is 18.4 Å². The summed E-state index contributed by atoms with van der Waals surface area (Å²) in [6.45, 7) is 5.66. The lowest BCUT2D eigenvalue weighted by atomic mass is 10.0. The highest BCUT2D eigenvalue weighted by molar-refractivity contribution is 7.15. The number of nitrogens with zero attached hydrogens (tertiary/aromatic N) is 4. The van der Waals surface area contributed by atoms with Crippen molar-refractivity contribution in [3.05, 3.63) is 28.7 Å². The van der Waals surface area contributed by atoms with Crippen molar-refractivity contribution < 1.29 is 4.79 Å². The fourth-order valence-corrected chi connectivity index (χ4v) is 4.62. The van der Waals surface area contributed by atoms with Crippen LogP contribution in [0.3, 0.4) is 0 Å². The summed E-state index contributed by atoms with van der Waals surface area (Å²) in [5.74, 6) is 1.67. The fourth-order valence-electron chi connectivity index (χ4n) is 3.95. The van der Waals surface area contributed by atoms with Gasteiger partial charge in [-0.2, -0.15) is 0 Å². The summed E-state index contributed by atoms with van der Waals surface area (Å²) in [4.78, 5) is 29.7. The van der Waals surface area contributed by atoms with Crippen LogP contribution in [0.25, 0.3) is 0 Å². The highest BCUT2D eigenvalue weighted by Crippen LogP contribution is 2.33. The molecule has 2 atom stereocenters. The van der Waals surface area contributed by atoms with E-state index in [4.69, 9.17) is 0 Å². The molecule has 2 aliphatic heterocycles. The van der Waals surface area contributed by atoms with Crippen LogP contribution < -0.4 is 10.6 Å². The molecule has 0 unspecified atom stereocenters. The van der Waals surface area contributed by atoms with Crippen molar-refractivity contribution in [1.82, 2.24) is 25.2 Å². The molecular formula is C19H26N6OS. The van der Waals surface area contributed by atoms with Gasteiger partial charge in [-0.05, 0) is 46.1 Å². The zero-order valence-electron chi connectivity index (χ0n) is 15.9. The van der Waals surface area contributed by atoms with Crippen molar-refractivity contribution >= 4 is 28.2 Å². The number of hydrogen-bond donors (Lipinski definition) is 2. The quantitative estimate of drug-likeness (QED) is 0.840. The summed E-state index contributed by atoms with van der Waals surface area (Å²) in [5, 5.41) is 7.48. The molecule has 7 nitrogen and oxygen atoms in total. The van der Waals surface area contributed by atoms with E-state index in [1.807, 2.05) is 31.0 Å². The van der Waals surface area contributed by atoms with Crippen LogP contribution in [-0.4, -0.2) is 44.9 Å². The number of carbonyl (C=O) groups excluding carboxylic acids is 1. The molecule has 2 N–H and O–H groups in total. The summed E-state index contributed by atoms with van der Waals surface area (Å²) >= 11 is 1.60. The third kappa shape index (κ3) is 4.11. The number of thiazole rings is 1. The minimum atomic E-state index is -0.0434. The Hall–Kier alpha value is -2.06. The average molecular weight is 387 g/mol. The lowest BCUT2D eigenvalue weighted by Crippen LogP contribution is -2.48. The number of anilines is 2. The summed E-state index contributed by atoms with van der Waals surface area (Å²) in [6.07, 6.45) is 7.02. The first-order valence-electron chi connectivity index (χ1n) is 9.69. The van der Waals surface area contributed by atoms with Gasteiger partial charge in [0.05, 0.1) is 17.8 Å². The highest BCUT2D eigenvalue weighted by Gasteiger charge is 2.35. The average Bonchev–Trinajstić information content (AvgIpc) is 3.30. The van der Waals surface area contributed by atoms with Crippen LogP contribution in [0.2, 0.25) is 0 Å². The molecule has 4 rings (SSSR count). The second-order valence-corrected chi connectivity index (χ2v) is 8.55. The maximum absolute atomic E-state index is 13.0. The Balaban J connectivity index is 1.55. The van der Waals surface area contributed by atoms with Crippen LogP contribution in [0.5, 0.6) is 0 Å². The first-order valence-corrected chi connectivity index (χ1v) is 10.5. The Labute approximate surface area is 163 Å². The lowest BCUT2D eigenvalue weighted by molar-refractivity contribution is -0.135. The number of hydrogen-bond acceptors (Lipinski definition) is 7. The van der Waals surface area contributed by atoms with Crippen LogP contribution in [-0.2, 0) is 4.79 Å². The molecule has 0 spiro atoms. The largest absolute Gasteiger partial charge is 0.333 e. The van der Waals surface area contributed by atoms with Gasteiger partial charge >= 0.3 is 0 Å². The molecule has 0 aromatic carbocycles. The maximum atomic E-state index is 13.0. The van der Waals surface area contributed by atoms with Crippen molar-refractivity contribution in [3.8, 4) is 0 Å². The van der Waals surface area contributed by atoms with Crippen LogP contribution in [0.4, 0.5) is 10.9 Å². The van der Waals surface area contributed by atoms with Crippen molar-refractivity contribution in [2.24, 2.45) is 0 Å². The number of piperidine rings is 1. The molecule has 2 aromatic heterocycles. The topological polar surface area (TPSA) is 83.0 Å². The second kappa shape index (κ2) is 7.90. The maximum Gasteiger partial charge on any atom is 0.240 e. The van der Waals surface area contributed by atoms with Crippen LogP contribution in [0.1, 0.15) is 54.5 Å². The number of aromatic nitrogens is 3. The monoisotopic (exact) mass is 386 g/mol. The predicted octanol–water partition coefficient (Wildman–Crippen LogP) is 3.10. The number of nitrogens with one attached hydrogen (secondary N) is 2. The van der Waals surface area contributed by atoms with E-state index in [1.54, 1.807) is 11.3 Å². The zero-order valence-corrected chi connectivity index (χ0v) is 16.7. The van der Waals surface area contributed by atoms with Gasteiger partial charge in [0.2, 0.25) is 5.91 Å². The third-order valence-corrected chi connectivity index (χ3v) is 6.03. The van der Waals surface area contributed by atoms with Crippen LogP contribution >= 0.6 is 11.3 Å². The SMILES string of the molecule is Cc1nc(Nc2ncc(C)s2)cc([C@H]2CCCN2C(=O)[C@@H]2CCCCN2)n1. The Bertz CT molecular complexity index is 816. The fraction of sp³-hybridized carbons (Fsp3) is 0.579. The van der Waals surface area contributed by atoms with Gasteiger partial charge in [-0.25, -0.2) is 15.0 Å². The molecule has 2 fully saturated rings. The van der Waals surface area contributed by atoms with E-state index < -0.39 is 0 Å². The molecule has 2 saturated heterocycles. The summed E-state index contributed by atoms with van der Waals surface area (Å²) in [6, 6.07) is 1.95. The molecular weight excluding hydrogens is 360 g/mol. The molecule has 27 heavy (non-hydrogen) atoms. The van der Waals surface area contributed by atoms with Gasteiger partial charge in [-0.3, -0.25) is 4.79 Å². The minimum absolute atomic E-state index is 0.0292. The third-order valence-electron chi connectivity index (χ3n) is 5.20. The Morgan fingerprint density at radius 3 is 2.89 bits per heavy atom. The zero-order chi connectivity index (χ0) is 18.8. The lowest BCUT2D eigenvalue weighted by Gasteiger charge is -2.31. The van der Waals surface area contributed by atoms with E-state index >= 15 is 0 Å². The van der Waals surface area contributed by atoms with E-state index in [-0.39, 0.29) is 18.0 Å². The van der Waals surface area contributed by atoms with E-state index in [1.165, 1.54) is 0 Å². The van der Waals surface area contributed by atoms with E-state index in [0.717, 1.165) is 66.7 Å². The molecule has 0 radical (unpaired) electrons. The molecule has 144 valence electrons. The molecule has 1 amide bonds. The summed E-state index contributed by atoms with van der Waals surface area (Å²) in [7, 11) is 0. The van der Waals surface area contributed by atoms with Gasteiger partial charge in [0, 0.05) is 23.7 Å². The highest BCUT2D eigenvalue weighted by atomic mass is 32.1. The summed E-state index contributed by atoms with van der Waals surface area (Å²) in [5.41, 5.74) is 0.917. The molecule has 8 heteroatoms. The Kier molecular flexibility index (Phi) is 5.36. The van der Waals surface area contributed by atoms with Crippen LogP contribution in [0, 0.1) is 13.8 Å². The number of carbonyl (C=O) groups is 1. The van der Waals surface area contributed by atoms with Gasteiger partial charge < -0.3 is 15.5 Å². The molecule has 4 heterocycles. The van der Waals surface area contributed by atoms with E-state index in [9.17, 15) is 4.79 Å². The van der Waals surface area contributed by atoms with Gasteiger partial charge in [0.1, 0.15) is 11.6 Å². The molecule has 0 aliphatic carbocycles. The van der Waals surface area contributed by atoms with Crippen molar-refractivity contribution in [3.63, 3.8) is 0 Å². The van der Waals surface area contributed by atoms with Gasteiger partial charge in [-0.15, -0.1) is 11.3 Å². The molecule has 0 saturated carbocycles. The number of rotatable bonds is 4. The first-order chi connectivity index (χ1) is 13.1. The summed E-state index contributed by atoms with van der Waals surface area (Å²) < 4.78 is 0. The van der Waals surface area contributed by atoms with Gasteiger partial charge in [0.15, 0.2) is 5.13 Å². The Morgan fingerprint density at radius 2 is 2.15 bits per heavy atom. The van der Waals surface area contributed by atoms with Crippen LogP contribution in [0.15, 0.2) is 12.3 Å². The molecule has 2 aliphatic rings. The standard InChI is InChI=1S/C19H26N6OS/c1-12-11-21-19(27-12)24-17-10-15(22-13(2)23-17)16-7-5-9-25(16)18(26)14-6-3-4-8-20-14/h10-11,14,16,20H,3-9H2,1-2H3,(H,21,22,23,24)/t14-,16+/m0/s1. The Morgan fingerprint density at radius 1 is 1.26 bits per heavy atom. The van der Waals surface area contributed by atoms with E-state index in [0.29, 0.717) is 5.82 Å². The van der Waals surface area contributed by atoms with Gasteiger partial charge in [0.25, 0.3) is 0 Å². The number of likely N-dealkylation sites (tertiary alicyclic amines) is 1. The first kappa shape index (κ1) is 18.3. The smallest absolute Gasteiger partial charge is 0.240 e. The predicted molar refractivity (Wildman–Crippen MR) is 106 cm³/mol. The normalized spacial score (nSPS) is 22.8. The van der Waals surface area contributed by atoms with E-state index in [2.05, 4.69) is 25.6 Å². The van der Waals surface area contributed by atoms with Crippen molar-refractivity contribution in [2.45, 2.75) is 58.0 Å². The number of aryl methyl sites for hydroxylation is 2. The molecule has 2 aromatic rings. The minimum Gasteiger partial charge on any atom is -0.333 e. The van der Waals surface area contributed by atoms with Crippen molar-refractivity contribution in [1.29, 1.82) is 0 Å². The molecule has 0 bridgehead atoms. The second-order valence-electron chi connectivity index (χ2n) is 7.32.